The van der Waals surface area contributed by atoms with E-state index in [1.54, 1.807) is 54.6 Å². The van der Waals surface area contributed by atoms with Crippen molar-refractivity contribution >= 4 is 23.1 Å². The Bertz CT molecular complexity index is 1240. The second-order valence-electron chi connectivity index (χ2n) is 8.45. The van der Waals surface area contributed by atoms with Crippen LogP contribution in [-0.2, 0) is 9.59 Å². The summed E-state index contributed by atoms with van der Waals surface area (Å²) in [6.45, 7) is 4.65. The van der Waals surface area contributed by atoms with Gasteiger partial charge in [-0.05, 0) is 54.4 Å². The third kappa shape index (κ3) is 4.59. The zero-order chi connectivity index (χ0) is 25.1. The van der Waals surface area contributed by atoms with Gasteiger partial charge in [0, 0.05) is 17.3 Å². The molecule has 1 aromatic heterocycles. The third-order valence-electron chi connectivity index (χ3n) is 5.61. The number of aliphatic hydroxyl groups excluding tert-OH is 1. The van der Waals surface area contributed by atoms with Crippen LogP contribution in [0.3, 0.4) is 0 Å². The van der Waals surface area contributed by atoms with E-state index in [0.29, 0.717) is 46.8 Å². The molecular weight excluding hydrogens is 450 g/mol. The molecule has 182 valence electrons. The number of carbonyl (C=O) groups is 2. The van der Waals surface area contributed by atoms with Gasteiger partial charge < -0.3 is 23.7 Å². The maximum Gasteiger partial charge on any atom is 0.300 e. The molecule has 1 aliphatic heterocycles. The first-order valence-electron chi connectivity index (χ1n) is 11.1. The maximum atomic E-state index is 13.2. The molecule has 0 bridgehead atoms. The molecule has 1 amide bonds. The van der Waals surface area contributed by atoms with Gasteiger partial charge in [-0.2, -0.15) is 0 Å². The van der Waals surface area contributed by atoms with E-state index in [1.165, 1.54) is 25.4 Å². The van der Waals surface area contributed by atoms with Crippen molar-refractivity contribution in [3.8, 4) is 17.2 Å². The summed E-state index contributed by atoms with van der Waals surface area (Å²) in [6.07, 6.45) is 1.45. The van der Waals surface area contributed by atoms with Gasteiger partial charge in [0.25, 0.3) is 11.7 Å². The first kappa shape index (κ1) is 23.9. The molecule has 2 aromatic carbocycles. The largest absolute Gasteiger partial charge is 0.507 e. The predicted molar refractivity (Wildman–Crippen MR) is 130 cm³/mol. The Morgan fingerprint density at radius 2 is 1.74 bits per heavy atom. The quantitative estimate of drug-likeness (QED) is 0.278. The van der Waals surface area contributed by atoms with Crippen molar-refractivity contribution in [3.05, 3.63) is 77.8 Å². The summed E-state index contributed by atoms with van der Waals surface area (Å²) in [7, 11) is 2.99. The van der Waals surface area contributed by atoms with Gasteiger partial charge in [0.15, 0.2) is 11.5 Å². The smallest absolute Gasteiger partial charge is 0.300 e. The fourth-order valence-electron chi connectivity index (χ4n) is 3.92. The van der Waals surface area contributed by atoms with Gasteiger partial charge in [0.05, 0.1) is 32.7 Å². The fourth-order valence-corrected chi connectivity index (χ4v) is 3.92. The highest BCUT2D eigenvalue weighted by atomic mass is 16.5. The highest BCUT2D eigenvalue weighted by molar-refractivity contribution is 6.51. The van der Waals surface area contributed by atoms with Crippen LogP contribution in [0.1, 0.15) is 31.2 Å². The SMILES string of the molecule is COc1ccc(N2C(=O)C(=O)/C(=C(\O)c3ccc(OCC(C)C)cc3)C2c2ccco2)cc1OC. The molecule has 0 saturated carbocycles. The van der Waals surface area contributed by atoms with Crippen LogP contribution in [0.15, 0.2) is 70.9 Å². The fraction of sp³-hybridized carbons (Fsp3) is 0.259. The predicted octanol–water partition coefficient (Wildman–Crippen LogP) is 4.96. The lowest BCUT2D eigenvalue weighted by Gasteiger charge is -2.24. The first-order chi connectivity index (χ1) is 16.8. The minimum Gasteiger partial charge on any atom is -0.507 e. The van der Waals surface area contributed by atoms with Crippen molar-refractivity contribution in [1.29, 1.82) is 0 Å². The van der Waals surface area contributed by atoms with Crippen molar-refractivity contribution < 1.29 is 33.3 Å². The minimum absolute atomic E-state index is 0.0735. The van der Waals surface area contributed by atoms with Crippen molar-refractivity contribution in [2.24, 2.45) is 5.92 Å². The first-order valence-corrected chi connectivity index (χ1v) is 11.1. The van der Waals surface area contributed by atoms with Gasteiger partial charge in [-0.25, -0.2) is 0 Å². The molecule has 0 radical (unpaired) electrons. The molecular formula is C27H27NO7. The number of furan rings is 1. The Balaban J connectivity index is 1.79. The van der Waals surface area contributed by atoms with Gasteiger partial charge in [-0.15, -0.1) is 0 Å². The topological polar surface area (TPSA) is 98.4 Å². The summed E-state index contributed by atoms with van der Waals surface area (Å²) in [5.74, 6) is 0.285. The summed E-state index contributed by atoms with van der Waals surface area (Å²) in [4.78, 5) is 27.7. The van der Waals surface area contributed by atoms with Gasteiger partial charge in [-0.3, -0.25) is 14.5 Å². The van der Waals surface area contributed by atoms with Crippen LogP contribution in [0, 0.1) is 5.92 Å². The Kier molecular flexibility index (Phi) is 6.82. The number of methoxy groups -OCH3 is 2. The Labute approximate surface area is 203 Å². The Hall–Kier alpha value is -4.20. The van der Waals surface area contributed by atoms with E-state index in [-0.39, 0.29) is 11.3 Å². The highest BCUT2D eigenvalue weighted by Gasteiger charge is 2.48. The monoisotopic (exact) mass is 477 g/mol. The van der Waals surface area contributed by atoms with Crippen molar-refractivity contribution in [2.45, 2.75) is 19.9 Å². The third-order valence-corrected chi connectivity index (χ3v) is 5.61. The molecule has 8 nitrogen and oxygen atoms in total. The van der Waals surface area contributed by atoms with Crippen LogP contribution in [0.4, 0.5) is 5.69 Å². The van der Waals surface area contributed by atoms with Gasteiger partial charge >= 0.3 is 0 Å². The lowest BCUT2D eigenvalue weighted by atomic mass is 9.99. The van der Waals surface area contributed by atoms with Gasteiger partial charge in [-0.1, -0.05) is 13.8 Å². The number of hydrogen-bond acceptors (Lipinski definition) is 7. The average molecular weight is 478 g/mol. The van der Waals surface area contributed by atoms with E-state index in [9.17, 15) is 14.7 Å². The standard InChI is InChI=1S/C27H27NO7/c1-16(2)15-35-19-10-7-17(8-11-19)25(29)23-24(21-6-5-13-34-21)28(27(31)26(23)30)18-9-12-20(32-3)22(14-18)33-4/h5-14,16,24,29H,15H2,1-4H3/b25-23-. The number of amides is 1. The maximum absolute atomic E-state index is 13.2. The normalized spacial score (nSPS) is 17.2. The summed E-state index contributed by atoms with van der Waals surface area (Å²) in [5.41, 5.74) is 0.696. The van der Waals surface area contributed by atoms with Gasteiger partial charge in [0.2, 0.25) is 0 Å². The molecule has 2 heterocycles. The number of hydrogen-bond donors (Lipinski definition) is 1. The summed E-state index contributed by atoms with van der Waals surface area (Å²) < 4.78 is 21.9. The number of nitrogens with zero attached hydrogens (tertiary/aromatic N) is 1. The number of ketones is 1. The molecule has 1 aliphatic rings. The highest BCUT2D eigenvalue weighted by Crippen LogP contribution is 2.44. The minimum atomic E-state index is -0.972. The van der Waals surface area contributed by atoms with Crippen LogP contribution >= 0.6 is 0 Å². The molecule has 3 aromatic rings. The molecule has 1 N–H and O–H groups in total. The second kappa shape index (κ2) is 9.97. The van der Waals surface area contributed by atoms with E-state index in [1.807, 2.05) is 13.8 Å². The lowest BCUT2D eigenvalue weighted by Crippen LogP contribution is -2.29. The average Bonchev–Trinajstić information content (AvgIpc) is 3.49. The van der Waals surface area contributed by atoms with Crippen molar-refractivity contribution in [1.82, 2.24) is 0 Å². The van der Waals surface area contributed by atoms with E-state index in [0.717, 1.165) is 0 Å². The zero-order valence-electron chi connectivity index (χ0n) is 20.0. The molecule has 1 atom stereocenters. The number of aliphatic hydroxyl groups is 1. The van der Waals surface area contributed by atoms with E-state index in [2.05, 4.69) is 0 Å². The Morgan fingerprint density at radius 3 is 2.34 bits per heavy atom. The number of anilines is 1. The molecule has 0 aliphatic carbocycles. The molecule has 4 rings (SSSR count). The number of Topliss-reactive ketones (excluding diaryl/α,β-unsaturated/α-hetero) is 1. The second-order valence-corrected chi connectivity index (χ2v) is 8.45. The van der Waals surface area contributed by atoms with Crippen LogP contribution in [0.2, 0.25) is 0 Å². The number of rotatable bonds is 8. The summed E-state index contributed by atoms with van der Waals surface area (Å²) in [5, 5.41) is 11.2. The molecule has 1 fully saturated rings. The molecule has 1 unspecified atom stereocenters. The van der Waals surface area contributed by atoms with E-state index >= 15 is 0 Å². The van der Waals surface area contributed by atoms with Crippen LogP contribution in [0.25, 0.3) is 5.76 Å². The molecule has 8 heteroatoms. The Morgan fingerprint density at radius 1 is 1.03 bits per heavy atom. The summed E-state index contributed by atoms with van der Waals surface area (Å²) >= 11 is 0. The van der Waals surface area contributed by atoms with Crippen LogP contribution in [0.5, 0.6) is 17.2 Å². The number of carbonyl (C=O) groups excluding carboxylic acids is 2. The van der Waals surface area contributed by atoms with Crippen molar-refractivity contribution in [2.75, 3.05) is 25.7 Å². The van der Waals surface area contributed by atoms with Gasteiger partial charge in [0.1, 0.15) is 23.3 Å². The lowest BCUT2D eigenvalue weighted by molar-refractivity contribution is -0.132. The number of benzene rings is 2. The van der Waals surface area contributed by atoms with E-state index in [4.69, 9.17) is 18.6 Å². The van der Waals surface area contributed by atoms with Crippen molar-refractivity contribution in [3.63, 3.8) is 0 Å². The zero-order valence-corrected chi connectivity index (χ0v) is 20.0. The number of ether oxygens (including phenoxy) is 3. The molecule has 0 spiro atoms. The van der Waals surface area contributed by atoms with Crippen LogP contribution in [-0.4, -0.2) is 37.6 Å². The molecule has 35 heavy (non-hydrogen) atoms. The van der Waals surface area contributed by atoms with Crippen LogP contribution < -0.4 is 19.1 Å². The van der Waals surface area contributed by atoms with E-state index < -0.39 is 17.7 Å². The summed E-state index contributed by atoms with van der Waals surface area (Å²) in [6, 6.07) is 13.9. The molecule has 1 saturated heterocycles.